The number of hydrogen-bond donors (Lipinski definition) is 3. The van der Waals surface area contributed by atoms with Gasteiger partial charge in [-0.1, -0.05) is 18.7 Å². The summed E-state index contributed by atoms with van der Waals surface area (Å²) in [5.74, 6) is 0. The number of aliphatic hydroxyl groups is 2. The van der Waals surface area contributed by atoms with E-state index >= 15 is 0 Å². The predicted molar refractivity (Wildman–Crippen MR) is 64.6 cm³/mol. The van der Waals surface area contributed by atoms with Crippen molar-refractivity contribution in [1.29, 1.82) is 5.41 Å². The fourth-order valence-electron chi connectivity index (χ4n) is 1.56. The van der Waals surface area contributed by atoms with Crippen LogP contribution in [0, 0.1) is 5.41 Å². The molecule has 1 fully saturated rings. The Morgan fingerprint density at radius 2 is 2.12 bits per heavy atom. The lowest BCUT2D eigenvalue weighted by Crippen LogP contribution is -2.47. The summed E-state index contributed by atoms with van der Waals surface area (Å²) in [6, 6.07) is 0. The van der Waals surface area contributed by atoms with Crippen molar-refractivity contribution in [3.05, 3.63) is 0 Å². The summed E-state index contributed by atoms with van der Waals surface area (Å²) in [5.41, 5.74) is -0.252. The zero-order valence-corrected chi connectivity index (χ0v) is 10.7. The Balaban J connectivity index is 2.53. The monoisotopic (exact) mass is 248 g/mol. The minimum Gasteiger partial charge on any atom is -0.390 e. The molecule has 0 amide bonds. The molecular formula is C10H20N2O3S. The van der Waals surface area contributed by atoms with E-state index in [1.165, 1.54) is 11.8 Å². The molecule has 0 radical (unpaired) electrons. The third-order valence-corrected chi connectivity index (χ3v) is 3.74. The van der Waals surface area contributed by atoms with Gasteiger partial charge in [0.15, 0.2) is 5.17 Å². The van der Waals surface area contributed by atoms with Crippen molar-refractivity contribution in [3.63, 3.8) is 0 Å². The van der Waals surface area contributed by atoms with Gasteiger partial charge in [-0.3, -0.25) is 5.41 Å². The van der Waals surface area contributed by atoms with Crippen molar-refractivity contribution in [2.45, 2.75) is 43.5 Å². The van der Waals surface area contributed by atoms with Gasteiger partial charge in [0.1, 0.15) is 11.5 Å². The minimum absolute atomic E-state index is 0.252. The van der Waals surface area contributed by atoms with Crippen LogP contribution in [0.4, 0.5) is 0 Å². The maximum Gasteiger partial charge on any atom is 0.158 e. The second-order valence-electron chi connectivity index (χ2n) is 4.12. The first-order valence-electron chi connectivity index (χ1n) is 5.39. The summed E-state index contributed by atoms with van der Waals surface area (Å²) >= 11 is 1.27. The van der Waals surface area contributed by atoms with Crippen LogP contribution in [0.1, 0.15) is 19.8 Å². The largest absolute Gasteiger partial charge is 0.390 e. The highest BCUT2D eigenvalue weighted by Crippen LogP contribution is 2.29. The Bertz CT molecular complexity index is 250. The highest BCUT2D eigenvalue weighted by atomic mass is 32.2. The molecule has 3 N–H and O–H groups in total. The van der Waals surface area contributed by atoms with Gasteiger partial charge in [-0.15, -0.1) is 0 Å². The molecule has 1 aliphatic rings. The molecule has 1 saturated heterocycles. The van der Waals surface area contributed by atoms with Gasteiger partial charge >= 0.3 is 0 Å². The van der Waals surface area contributed by atoms with Crippen molar-refractivity contribution in [3.8, 4) is 0 Å². The average molecular weight is 248 g/mol. The van der Waals surface area contributed by atoms with Crippen LogP contribution in [-0.4, -0.2) is 58.1 Å². The second-order valence-corrected chi connectivity index (χ2v) is 5.27. The van der Waals surface area contributed by atoms with Crippen LogP contribution in [0.25, 0.3) is 0 Å². The Morgan fingerprint density at radius 3 is 2.62 bits per heavy atom. The van der Waals surface area contributed by atoms with Gasteiger partial charge in [0.25, 0.3) is 0 Å². The van der Waals surface area contributed by atoms with E-state index in [0.29, 0.717) is 18.0 Å². The number of nitrogens with one attached hydrogen (secondary N) is 1. The van der Waals surface area contributed by atoms with Crippen LogP contribution in [-0.2, 0) is 4.74 Å². The third kappa shape index (κ3) is 3.35. The van der Waals surface area contributed by atoms with Gasteiger partial charge in [0.05, 0.1) is 12.2 Å². The summed E-state index contributed by atoms with van der Waals surface area (Å²) in [4.78, 5) is 1.69. The maximum atomic E-state index is 9.67. The smallest absolute Gasteiger partial charge is 0.158 e. The van der Waals surface area contributed by atoms with Crippen LogP contribution in [0.15, 0.2) is 0 Å². The summed E-state index contributed by atoms with van der Waals surface area (Å²) in [6.07, 6.45) is -0.888. The van der Waals surface area contributed by atoms with Gasteiger partial charge in [-0.2, -0.15) is 0 Å². The summed E-state index contributed by atoms with van der Waals surface area (Å²) in [7, 11) is 3.58. The van der Waals surface area contributed by atoms with Crippen LogP contribution >= 0.6 is 11.8 Å². The topological polar surface area (TPSA) is 76.8 Å². The lowest BCUT2D eigenvalue weighted by molar-refractivity contribution is -0.145. The number of thioether (sulfide) groups is 1. The van der Waals surface area contributed by atoms with Gasteiger partial charge in [0.2, 0.25) is 0 Å². The Labute approximate surface area is 100 Å². The van der Waals surface area contributed by atoms with Gasteiger partial charge in [0, 0.05) is 20.5 Å². The normalized spacial score (nSPS) is 34.8. The third-order valence-electron chi connectivity index (χ3n) is 2.59. The molecule has 4 unspecified atom stereocenters. The van der Waals surface area contributed by atoms with Crippen molar-refractivity contribution in [2.24, 2.45) is 0 Å². The Kier molecular flexibility index (Phi) is 5.04. The summed E-state index contributed by atoms with van der Waals surface area (Å²) in [5, 5.41) is 27.4. The second kappa shape index (κ2) is 5.86. The first kappa shape index (κ1) is 13.8. The highest BCUT2D eigenvalue weighted by molar-refractivity contribution is 8.14. The molecule has 1 heterocycles. The first-order valence-corrected chi connectivity index (χ1v) is 6.27. The Hall–Kier alpha value is -0.300. The van der Waals surface area contributed by atoms with Crippen molar-refractivity contribution < 1.29 is 14.9 Å². The lowest BCUT2D eigenvalue weighted by Gasteiger charge is -2.36. The number of nitrogens with zero attached hydrogens (tertiary/aromatic N) is 1. The molecule has 16 heavy (non-hydrogen) atoms. The summed E-state index contributed by atoms with van der Waals surface area (Å²) < 4.78 is 5.62. The molecule has 0 aromatic carbocycles. The maximum absolute atomic E-state index is 9.67. The van der Waals surface area contributed by atoms with Crippen molar-refractivity contribution >= 4 is 16.9 Å². The minimum atomic E-state index is -0.810. The van der Waals surface area contributed by atoms with E-state index in [0.717, 1.165) is 0 Å². The van der Waals surface area contributed by atoms with E-state index in [1.54, 1.807) is 19.0 Å². The lowest BCUT2D eigenvalue weighted by atomic mass is 10.0. The van der Waals surface area contributed by atoms with E-state index < -0.39 is 12.2 Å². The van der Waals surface area contributed by atoms with Gasteiger partial charge in [-0.25, -0.2) is 0 Å². The number of rotatable bonds is 2. The van der Waals surface area contributed by atoms with E-state index in [2.05, 4.69) is 0 Å². The molecule has 0 bridgehead atoms. The number of hydrogen-bond acceptors (Lipinski definition) is 5. The number of ether oxygens (including phenoxy) is 1. The van der Waals surface area contributed by atoms with Crippen LogP contribution in [0.5, 0.6) is 0 Å². The fraction of sp³-hybridized carbons (Fsp3) is 0.900. The SMILES string of the molecule is CCC1OC(SC(=N)N(C)C)CC(O)C1O. The summed E-state index contributed by atoms with van der Waals surface area (Å²) in [6.45, 7) is 1.91. The highest BCUT2D eigenvalue weighted by Gasteiger charge is 2.36. The average Bonchev–Trinajstić information content (AvgIpc) is 2.22. The number of amidine groups is 1. The molecule has 0 spiro atoms. The Morgan fingerprint density at radius 1 is 1.50 bits per heavy atom. The van der Waals surface area contributed by atoms with E-state index in [-0.39, 0.29) is 11.5 Å². The predicted octanol–water partition coefficient (Wildman–Crippen LogP) is 0.463. The van der Waals surface area contributed by atoms with E-state index in [4.69, 9.17) is 10.1 Å². The van der Waals surface area contributed by atoms with Crippen molar-refractivity contribution in [1.82, 2.24) is 4.90 Å². The van der Waals surface area contributed by atoms with Crippen LogP contribution in [0.3, 0.4) is 0 Å². The molecule has 4 atom stereocenters. The molecule has 1 aliphatic heterocycles. The molecule has 1 rings (SSSR count). The van der Waals surface area contributed by atoms with E-state index in [9.17, 15) is 10.2 Å². The first-order chi connectivity index (χ1) is 7.45. The standard InChI is InChI=1S/C10H20N2O3S/c1-4-7-9(14)6(13)5-8(15-7)16-10(11)12(2)3/h6-9,11,13-14H,4-5H2,1-3H3. The molecule has 0 aromatic heterocycles. The molecular weight excluding hydrogens is 228 g/mol. The van der Waals surface area contributed by atoms with Gasteiger partial charge in [-0.05, 0) is 6.42 Å². The molecule has 94 valence electrons. The zero-order valence-electron chi connectivity index (χ0n) is 9.88. The molecule has 0 aromatic rings. The van der Waals surface area contributed by atoms with Crippen LogP contribution < -0.4 is 0 Å². The van der Waals surface area contributed by atoms with E-state index in [1.807, 2.05) is 6.92 Å². The van der Waals surface area contributed by atoms with Gasteiger partial charge < -0.3 is 19.8 Å². The number of aliphatic hydroxyl groups excluding tert-OH is 2. The fourth-order valence-corrected chi connectivity index (χ4v) is 2.51. The molecule has 5 nitrogen and oxygen atoms in total. The quantitative estimate of drug-likeness (QED) is 0.489. The molecule has 0 aliphatic carbocycles. The van der Waals surface area contributed by atoms with Crippen molar-refractivity contribution in [2.75, 3.05) is 14.1 Å². The molecule has 6 heteroatoms. The zero-order chi connectivity index (χ0) is 12.3. The molecule has 0 saturated carbocycles. The van der Waals surface area contributed by atoms with Crippen LogP contribution in [0.2, 0.25) is 0 Å².